The van der Waals surface area contributed by atoms with Gasteiger partial charge in [0.25, 0.3) is 0 Å². The van der Waals surface area contributed by atoms with Gasteiger partial charge in [-0.3, -0.25) is 0 Å². The monoisotopic (exact) mass is 283 g/mol. The molecule has 0 bridgehead atoms. The Hall–Kier alpha value is -0.840. The Kier molecular flexibility index (Phi) is 5.02. The van der Waals surface area contributed by atoms with E-state index in [9.17, 15) is 0 Å². The molecule has 0 aliphatic carbocycles. The molecule has 0 radical (unpaired) electrons. The van der Waals surface area contributed by atoms with Crippen LogP contribution in [0.25, 0.3) is 0 Å². The number of hydrogen-bond acceptors (Lipinski definition) is 4. The van der Waals surface area contributed by atoms with Gasteiger partial charge in [-0.2, -0.15) is 0 Å². The van der Waals surface area contributed by atoms with Crippen molar-refractivity contribution in [2.45, 2.75) is 32.4 Å². The summed E-state index contributed by atoms with van der Waals surface area (Å²) in [6.45, 7) is 5.58. The number of rotatable bonds is 4. The first-order valence-corrected chi connectivity index (χ1v) is 7.24. The molecule has 19 heavy (non-hydrogen) atoms. The maximum Gasteiger partial charge on any atom is 0.147 e. The number of hydrogen-bond donors (Lipinski definition) is 1. The molecule has 1 aliphatic heterocycles. The number of nitrogens with zero attached hydrogens (tertiary/aromatic N) is 3. The first kappa shape index (κ1) is 14.6. The quantitative estimate of drug-likeness (QED) is 0.919. The molecule has 2 rings (SSSR count). The van der Waals surface area contributed by atoms with E-state index in [1.54, 1.807) is 12.3 Å². The zero-order valence-electron chi connectivity index (χ0n) is 11.6. The molecular weight excluding hydrogens is 262 g/mol. The number of likely N-dealkylation sites (tertiary alicyclic amines) is 1. The lowest BCUT2D eigenvalue weighted by molar-refractivity contribution is 0.220. The highest BCUT2D eigenvalue weighted by molar-refractivity contribution is 6.33. The van der Waals surface area contributed by atoms with Crippen molar-refractivity contribution in [3.05, 3.63) is 22.8 Å². The van der Waals surface area contributed by atoms with Gasteiger partial charge in [0.15, 0.2) is 0 Å². The molecular formula is C14H22ClN3O. The van der Waals surface area contributed by atoms with Crippen LogP contribution in [-0.4, -0.2) is 47.7 Å². The van der Waals surface area contributed by atoms with Crippen molar-refractivity contribution in [3.63, 3.8) is 0 Å². The summed E-state index contributed by atoms with van der Waals surface area (Å²) in [5.41, 5.74) is 0.753. The molecule has 0 aromatic carbocycles. The zero-order chi connectivity index (χ0) is 13.8. The van der Waals surface area contributed by atoms with Gasteiger partial charge in [-0.1, -0.05) is 18.5 Å². The molecule has 106 valence electrons. The molecule has 0 saturated carbocycles. The third-order valence-corrected chi connectivity index (χ3v) is 4.23. The van der Waals surface area contributed by atoms with Crippen molar-refractivity contribution in [3.8, 4) is 0 Å². The van der Waals surface area contributed by atoms with Gasteiger partial charge in [0.2, 0.25) is 0 Å². The Morgan fingerprint density at radius 3 is 2.68 bits per heavy atom. The molecule has 0 amide bonds. The van der Waals surface area contributed by atoms with E-state index < -0.39 is 0 Å². The first-order valence-electron chi connectivity index (χ1n) is 6.86. The van der Waals surface area contributed by atoms with E-state index in [2.05, 4.69) is 28.8 Å². The van der Waals surface area contributed by atoms with E-state index in [1.807, 2.05) is 0 Å². The summed E-state index contributed by atoms with van der Waals surface area (Å²) in [7, 11) is 2.05. The fourth-order valence-electron chi connectivity index (χ4n) is 2.61. The van der Waals surface area contributed by atoms with Crippen molar-refractivity contribution < 1.29 is 5.11 Å². The molecule has 0 spiro atoms. The van der Waals surface area contributed by atoms with Crippen LogP contribution < -0.4 is 4.90 Å². The van der Waals surface area contributed by atoms with Crippen LogP contribution in [0.15, 0.2) is 12.3 Å². The van der Waals surface area contributed by atoms with E-state index in [0.717, 1.165) is 43.9 Å². The molecule has 2 heterocycles. The van der Waals surface area contributed by atoms with Gasteiger partial charge in [-0.05, 0) is 31.0 Å². The van der Waals surface area contributed by atoms with Crippen LogP contribution in [0.1, 0.15) is 25.3 Å². The van der Waals surface area contributed by atoms with Gasteiger partial charge in [0.05, 0.1) is 11.6 Å². The fourth-order valence-corrected chi connectivity index (χ4v) is 2.93. The number of aliphatic hydroxyl groups excluding tert-OH is 1. The van der Waals surface area contributed by atoms with E-state index in [1.165, 1.54) is 0 Å². The van der Waals surface area contributed by atoms with E-state index >= 15 is 0 Å². The maximum atomic E-state index is 9.08. The van der Waals surface area contributed by atoms with Crippen LogP contribution in [0.2, 0.25) is 5.02 Å². The SMILES string of the molecule is CCN1CCC(N(C)c2ncc(CO)cc2Cl)CC1. The summed E-state index contributed by atoms with van der Waals surface area (Å²) in [4.78, 5) is 9.03. The van der Waals surface area contributed by atoms with Gasteiger partial charge < -0.3 is 14.9 Å². The molecule has 0 atom stereocenters. The predicted octanol–water partition coefficient (Wildman–Crippen LogP) is 2.15. The lowest BCUT2D eigenvalue weighted by atomic mass is 10.0. The molecule has 4 nitrogen and oxygen atoms in total. The molecule has 0 unspecified atom stereocenters. The highest BCUT2D eigenvalue weighted by Crippen LogP contribution is 2.27. The van der Waals surface area contributed by atoms with Gasteiger partial charge in [0, 0.05) is 32.4 Å². The van der Waals surface area contributed by atoms with Crippen molar-refractivity contribution in [1.29, 1.82) is 0 Å². The van der Waals surface area contributed by atoms with Crippen LogP contribution in [0.3, 0.4) is 0 Å². The summed E-state index contributed by atoms with van der Waals surface area (Å²) in [5, 5.41) is 9.70. The number of halogens is 1. The van der Waals surface area contributed by atoms with Crippen LogP contribution >= 0.6 is 11.6 Å². The second kappa shape index (κ2) is 6.55. The van der Waals surface area contributed by atoms with Gasteiger partial charge in [-0.25, -0.2) is 4.98 Å². The van der Waals surface area contributed by atoms with E-state index in [0.29, 0.717) is 11.1 Å². The Labute approximate surface area is 120 Å². The molecule has 5 heteroatoms. The average molecular weight is 284 g/mol. The van der Waals surface area contributed by atoms with Gasteiger partial charge in [-0.15, -0.1) is 0 Å². The third-order valence-electron chi connectivity index (χ3n) is 3.95. The van der Waals surface area contributed by atoms with Crippen LogP contribution in [0.5, 0.6) is 0 Å². The minimum atomic E-state index is -0.0222. The highest BCUT2D eigenvalue weighted by Gasteiger charge is 2.23. The number of piperidine rings is 1. The summed E-state index contributed by atoms with van der Waals surface area (Å²) < 4.78 is 0. The Morgan fingerprint density at radius 2 is 2.16 bits per heavy atom. The van der Waals surface area contributed by atoms with Crippen molar-refractivity contribution in [1.82, 2.24) is 9.88 Å². The summed E-state index contributed by atoms with van der Waals surface area (Å²) in [5.74, 6) is 0.814. The largest absolute Gasteiger partial charge is 0.392 e. The summed E-state index contributed by atoms with van der Waals surface area (Å²) in [6.07, 6.45) is 3.98. The van der Waals surface area contributed by atoms with Crippen molar-refractivity contribution in [2.24, 2.45) is 0 Å². The number of anilines is 1. The normalized spacial score (nSPS) is 17.7. The Bertz CT molecular complexity index is 419. The first-order chi connectivity index (χ1) is 9.15. The Morgan fingerprint density at radius 1 is 1.47 bits per heavy atom. The fraction of sp³-hybridized carbons (Fsp3) is 0.643. The standard InChI is InChI=1S/C14H22ClN3O/c1-3-18-6-4-12(5-7-18)17(2)14-13(15)8-11(10-19)9-16-14/h8-9,12,19H,3-7,10H2,1-2H3. The van der Waals surface area contributed by atoms with Gasteiger partial charge >= 0.3 is 0 Å². The summed E-state index contributed by atoms with van der Waals surface area (Å²) >= 11 is 6.25. The smallest absolute Gasteiger partial charge is 0.147 e. The third kappa shape index (κ3) is 3.38. The maximum absolute atomic E-state index is 9.08. The van der Waals surface area contributed by atoms with Gasteiger partial charge in [0.1, 0.15) is 5.82 Å². The second-order valence-electron chi connectivity index (χ2n) is 5.08. The molecule has 1 aromatic heterocycles. The van der Waals surface area contributed by atoms with Crippen molar-refractivity contribution >= 4 is 17.4 Å². The Balaban J connectivity index is 2.05. The highest BCUT2D eigenvalue weighted by atomic mass is 35.5. The zero-order valence-corrected chi connectivity index (χ0v) is 12.4. The molecule has 1 aromatic rings. The van der Waals surface area contributed by atoms with Crippen LogP contribution in [-0.2, 0) is 6.61 Å². The number of aliphatic hydroxyl groups is 1. The average Bonchev–Trinajstić information content (AvgIpc) is 2.46. The molecule has 1 fully saturated rings. The lowest BCUT2D eigenvalue weighted by Gasteiger charge is -2.37. The minimum absolute atomic E-state index is 0.0222. The van der Waals surface area contributed by atoms with Crippen LogP contribution in [0, 0.1) is 0 Å². The van der Waals surface area contributed by atoms with Crippen molar-refractivity contribution in [2.75, 3.05) is 31.6 Å². The number of pyridine rings is 1. The predicted molar refractivity (Wildman–Crippen MR) is 78.7 cm³/mol. The molecule has 1 aliphatic rings. The van der Waals surface area contributed by atoms with E-state index in [-0.39, 0.29) is 6.61 Å². The number of aromatic nitrogens is 1. The second-order valence-corrected chi connectivity index (χ2v) is 5.49. The summed E-state index contributed by atoms with van der Waals surface area (Å²) in [6, 6.07) is 2.29. The lowest BCUT2D eigenvalue weighted by Crippen LogP contribution is -2.43. The van der Waals surface area contributed by atoms with E-state index in [4.69, 9.17) is 16.7 Å². The molecule has 1 N–H and O–H groups in total. The minimum Gasteiger partial charge on any atom is -0.392 e. The van der Waals surface area contributed by atoms with Crippen LogP contribution in [0.4, 0.5) is 5.82 Å². The molecule has 1 saturated heterocycles. The topological polar surface area (TPSA) is 39.6 Å².